The molecule has 4 heteroatoms. The molecule has 1 heterocycles. The number of hydrogen-bond donors (Lipinski definition) is 1. The SMILES string of the molecule is O=C(O)c1cc2ccccc2nc1CSc1ccccc1. The van der Waals surface area contributed by atoms with E-state index >= 15 is 0 Å². The summed E-state index contributed by atoms with van der Waals surface area (Å²) < 4.78 is 0. The van der Waals surface area contributed by atoms with Crippen molar-refractivity contribution >= 4 is 28.6 Å². The summed E-state index contributed by atoms with van der Waals surface area (Å²) >= 11 is 1.59. The molecule has 0 atom stereocenters. The van der Waals surface area contributed by atoms with E-state index in [1.807, 2.05) is 54.6 Å². The van der Waals surface area contributed by atoms with Crippen molar-refractivity contribution in [2.24, 2.45) is 0 Å². The summed E-state index contributed by atoms with van der Waals surface area (Å²) in [7, 11) is 0. The predicted molar refractivity (Wildman–Crippen MR) is 84.7 cm³/mol. The Labute approximate surface area is 126 Å². The van der Waals surface area contributed by atoms with Gasteiger partial charge in [0, 0.05) is 16.0 Å². The lowest BCUT2D eigenvalue weighted by molar-refractivity contribution is 0.0695. The maximum atomic E-state index is 11.4. The fourth-order valence-electron chi connectivity index (χ4n) is 2.12. The third-order valence-corrected chi connectivity index (χ3v) is 4.18. The number of para-hydroxylation sites is 1. The van der Waals surface area contributed by atoms with E-state index in [4.69, 9.17) is 0 Å². The third-order valence-electron chi connectivity index (χ3n) is 3.15. The van der Waals surface area contributed by atoms with E-state index in [-0.39, 0.29) is 5.56 Å². The molecule has 2 aromatic carbocycles. The minimum absolute atomic E-state index is 0.275. The zero-order valence-electron chi connectivity index (χ0n) is 11.2. The van der Waals surface area contributed by atoms with Crippen LogP contribution < -0.4 is 0 Å². The number of pyridine rings is 1. The van der Waals surface area contributed by atoms with Gasteiger partial charge >= 0.3 is 5.97 Å². The molecule has 0 radical (unpaired) electrons. The number of rotatable bonds is 4. The van der Waals surface area contributed by atoms with Gasteiger partial charge in [0.05, 0.1) is 16.8 Å². The normalized spacial score (nSPS) is 10.7. The van der Waals surface area contributed by atoms with Crippen LogP contribution in [0.15, 0.2) is 65.6 Å². The van der Waals surface area contributed by atoms with E-state index in [0.29, 0.717) is 11.4 Å². The van der Waals surface area contributed by atoms with Crippen LogP contribution in [-0.4, -0.2) is 16.1 Å². The molecule has 3 nitrogen and oxygen atoms in total. The molecule has 0 aliphatic heterocycles. The van der Waals surface area contributed by atoms with E-state index in [0.717, 1.165) is 15.8 Å². The Hall–Kier alpha value is -2.33. The molecule has 0 aliphatic carbocycles. The van der Waals surface area contributed by atoms with Crippen molar-refractivity contribution in [3.05, 3.63) is 71.9 Å². The number of aromatic nitrogens is 1. The van der Waals surface area contributed by atoms with Gasteiger partial charge in [0.15, 0.2) is 0 Å². The van der Waals surface area contributed by atoms with Crippen molar-refractivity contribution in [3.8, 4) is 0 Å². The lowest BCUT2D eigenvalue weighted by atomic mass is 10.1. The van der Waals surface area contributed by atoms with Crippen LogP contribution >= 0.6 is 11.8 Å². The summed E-state index contributed by atoms with van der Waals surface area (Å²) in [5.74, 6) is -0.395. The summed E-state index contributed by atoms with van der Waals surface area (Å²) in [6.45, 7) is 0. The highest BCUT2D eigenvalue weighted by Crippen LogP contribution is 2.25. The minimum atomic E-state index is -0.933. The highest BCUT2D eigenvalue weighted by molar-refractivity contribution is 7.98. The van der Waals surface area contributed by atoms with Gasteiger partial charge in [-0.3, -0.25) is 4.98 Å². The Morgan fingerprint density at radius 1 is 1.05 bits per heavy atom. The van der Waals surface area contributed by atoms with Crippen LogP contribution in [0.3, 0.4) is 0 Å². The van der Waals surface area contributed by atoms with Crippen LogP contribution in [0.5, 0.6) is 0 Å². The Morgan fingerprint density at radius 3 is 2.52 bits per heavy atom. The first-order valence-electron chi connectivity index (χ1n) is 6.54. The van der Waals surface area contributed by atoms with Gasteiger partial charge in [-0.2, -0.15) is 0 Å². The molecular weight excluding hydrogens is 282 g/mol. The van der Waals surface area contributed by atoms with E-state index in [1.54, 1.807) is 17.8 Å². The van der Waals surface area contributed by atoms with Crippen molar-refractivity contribution in [2.75, 3.05) is 0 Å². The second-order valence-corrected chi connectivity index (χ2v) is 5.63. The highest BCUT2D eigenvalue weighted by Gasteiger charge is 2.13. The second kappa shape index (κ2) is 5.97. The molecule has 0 spiro atoms. The standard InChI is InChI=1S/C17H13NO2S/c19-17(20)14-10-12-6-4-5-9-15(12)18-16(14)11-21-13-7-2-1-3-8-13/h1-10H,11H2,(H,19,20). The van der Waals surface area contributed by atoms with Crippen LogP contribution in [0, 0.1) is 0 Å². The van der Waals surface area contributed by atoms with Gasteiger partial charge in [0.25, 0.3) is 0 Å². The number of carbonyl (C=O) groups is 1. The zero-order chi connectivity index (χ0) is 14.7. The fourth-order valence-corrected chi connectivity index (χ4v) is 2.99. The van der Waals surface area contributed by atoms with Gasteiger partial charge in [0.1, 0.15) is 0 Å². The quantitative estimate of drug-likeness (QED) is 0.732. The molecule has 3 aromatic rings. The van der Waals surface area contributed by atoms with Crippen molar-refractivity contribution in [3.63, 3.8) is 0 Å². The Bertz CT molecular complexity index is 787. The van der Waals surface area contributed by atoms with Gasteiger partial charge in [-0.1, -0.05) is 36.4 Å². The molecule has 0 fully saturated rings. The van der Waals surface area contributed by atoms with E-state index in [2.05, 4.69) is 4.98 Å². The molecule has 21 heavy (non-hydrogen) atoms. The van der Waals surface area contributed by atoms with Gasteiger partial charge in [-0.05, 0) is 24.3 Å². The largest absolute Gasteiger partial charge is 0.478 e. The number of aromatic carboxylic acids is 1. The fraction of sp³-hybridized carbons (Fsp3) is 0.0588. The summed E-state index contributed by atoms with van der Waals surface area (Å²) in [6.07, 6.45) is 0. The number of benzene rings is 2. The smallest absolute Gasteiger partial charge is 0.337 e. The van der Waals surface area contributed by atoms with Gasteiger partial charge in [0.2, 0.25) is 0 Å². The number of fused-ring (bicyclic) bond motifs is 1. The van der Waals surface area contributed by atoms with Crippen LogP contribution in [-0.2, 0) is 5.75 Å². The first-order chi connectivity index (χ1) is 10.2. The zero-order valence-corrected chi connectivity index (χ0v) is 12.0. The first-order valence-corrected chi connectivity index (χ1v) is 7.52. The Morgan fingerprint density at radius 2 is 1.76 bits per heavy atom. The molecule has 3 rings (SSSR count). The predicted octanol–water partition coefficient (Wildman–Crippen LogP) is 4.23. The van der Waals surface area contributed by atoms with E-state index in [9.17, 15) is 9.90 Å². The summed E-state index contributed by atoms with van der Waals surface area (Å²) in [6, 6.07) is 19.2. The minimum Gasteiger partial charge on any atom is -0.478 e. The van der Waals surface area contributed by atoms with Crippen LogP contribution in [0.2, 0.25) is 0 Å². The molecule has 0 amide bonds. The summed E-state index contributed by atoms with van der Waals surface area (Å²) in [5, 5.41) is 10.2. The molecule has 0 aliphatic rings. The number of nitrogens with zero attached hydrogens (tertiary/aromatic N) is 1. The second-order valence-electron chi connectivity index (χ2n) is 4.58. The summed E-state index contributed by atoms with van der Waals surface area (Å²) in [5.41, 5.74) is 1.71. The molecule has 0 unspecified atom stereocenters. The van der Waals surface area contributed by atoms with Crippen molar-refractivity contribution < 1.29 is 9.90 Å². The summed E-state index contributed by atoms with van der Waals surface area (Å²) in [4.78, 5) is 17.0. The molecule has 104 valence electrons. The highest BCUT2D eigenvalue weighted by atomic mass is 32.2. The van der Waals surface area contributed by atoms with Gasteiger partial charge < -0.3 is 5.11 Å². The topological polar surface area (TPSA) is 50.2 Å². The van der Waals surface area contributed by atoms with Crippen molar-refractivity contribution in [1.29, 1.82) is 0 Å². The first kappa shape index (κ1) is 13.6. The third kappa shape index (κ3) is 3.06. The molecule has 1 aromatic heterocycles. The Kier molecular flexibility index (Phi) is 3.88. The van der Waals surface area contributed by atoms with Crippen LogP contribution in [0.25, 0.3) is 10.9 Å². The monoisotopic (exact) mass is 295 g/mol. The van der Waals surface area contributed by atoms with Crippen molar-refractivity contribution in [1.82, 2.24) is 4.98 Å². The lowest BCUT2D eigenvalue weighted by Crippen LogP contribution is -2.04. The molecule has 0 bridgehead atoms. The number of carboxylic acids is 1. The van der Waals surface area contributed by atoms with Gasteiger partial charge in [-0.25, -0.2) is 4.79 Å². The number of carboxylic acid groups (broad SMARTS) is 1. The van der Waals surface area contributed by atoms with Crippen LogP contribution in [0.4, 0.5) is 0 Å². The van der Waals surface area contributed by atoms with E-state index < -0.39 is 5.97 Å². The number of thioether (sulfide) groups is 1. The molecule has 1 N–H and O–H groups in total. The Balaban J connectivity index is 1.96. The van der Waals surface area contributed by atoms with E-state index in [1.165, 1.54) is 0 Å². The molecule has 0 saturated heterocycles. The average Bonchev–Trinajstić information content (AvgIpc) is 2.53. The maximum absolute atomic E-state index is 11.4. The molecule has 0 saturated carbocycles. The number of hydrogen-bond acceptors (Lipinski definition) is 3. The van der Waals surface area contributed by atoms with Crippen LogP contribution in [0.1, 0.15) is 16.1 Å². The van der Waals surface area contributed by atoms with Gasteiger partial charge in [-0.15, -0.1) is 11.8 Å². The molecular formula is C17H13NO2S. The average molecular weight is 295 g/mol. The maximum Gasteiger partial charge on any atom is 0.337 e. The lowest BCUT2D eigenvalue weighted by Gasteiger charge is -2.07. The van der Waals surface area contributed by atoms with Crippen molar-refractivity contribution in [2.45, 2.75) is 10.6 Å².